The number of hydrogen-bond donors (Lipinski definition) is 2. The van der Waals surface area contributed by atoms with Crippen molar-refractivity contribution in [3.8, 4) is 0 Å². The third kappa shape index (κ3) is 6.14. The fourth-order valence-corrected chi connectivity index (χ4v) is 4.01. The van der Waals surface area contributed by atoms with Gasteiger partial charge in [-0.2, -0.15) is 0 Å². The number of halogens is 1. The van der Waals surface area contributed by atoms with Gasteiger partial charge < -0.3 is 15.5 Å². The van der Waals surface area contributed by atoms with Gasteiger partial charge in [0, 0.05) is 69.7 Å². The highest BCUT2D eigenvalue weighted by molar-refractivity contribution is 6.35. The largest absolute Gasteiger partial charge is 0.369 e. The van der Waals surface area contributed by atoms with E-state index in [1.807, 2.05) is 12.1 Å². The molecule has 1 aromatic carbocycles. The fourth-order valence-electron chi connectivity index (χ4n) is 4.01. The van der Waals surface area contributed by atoms with Gasteiger partial charge in [-0.3, -0.25) is 24.5 Å². The van der Waals surface area contributed by atoms with Gasteiger partial charge >= 0.3 is 11.8 Å². The summed E-state index contributed by atoms with van der Waals surface area (Å²) in [5.74, 6) is -1.60. The van der Waals surface area contributed by atoms with E-state index in [0.29, 0.717) is 0 Å². The SMILES string of the molecule is O=C(NCc1ccncc1)C(=O)NC[C@H](c1cccnc1)N1CCN(c2ccc(F)cc2)CC1. The van der Waals surface area contributed by atoms with Crippen molar-refractivity contribution in [2.24, 2.45) is 0 Å². The van der Waals surface area contributed by atoms with Crippen molar-refractivity contribution < 1.29 is 14.0 Å². The number of pyridine rings is 2. The lowest BCUT2D eigenvalue weighted by molar-refractivity contribution is -0.139. The van der Waals surface area contributed by atoms with E-state index in [9.17, 15) is 14.0 Å². The summed E-state index contributed by atoms with van der Waals surface area (Å²) >= 11 is 0. The molecular formula is C25H27FN6O2. The molecule has 1 aliphatic rings. The molecule has 34 heavy (non-hydrogen) atoms. The Morgan fingerprint density at radius 3 is 2.26 bits per heavy atom. The van der Waals surface area contributed by atoms with E-state index in [-0.39, 0.29) is 24.9 Å². The van der Waals surface area contributed by atoms with Gasteiger partial charge in [-0.15, -0.1) is 0 Å². The summed E-state index contributed by atoms with van der Waals surface area (Å²) in [4.78, 5) is 37.3. The minimum absolute atomic E-state index is 0.124. The number of carbonyl (C=O) groups excluding carboxylic acids is 2. The van der Waals surface area contributed by atoms with Crippen LogP contribution in [0.5, 0.6) is 0 Å². The molecule has 1 fully saturated rings. The van der Waals surface area contributed by atoms with Crippen molar-refractivity contribution in [2.45, 2.75) is 12.6 Å². The second-order valence-electron chi connectivity index (χ2n) is 8.05. The number of aromatic nitrogens is 2. The molecule has 9 heteroatoms. The Morgan fingerprint density at radius 1 is 0.882 bits per heavy atom. The Balaban J connectivity index is 1.35. The van der Waals surface area contributed by atoms with Crippen LogP contribution in [0.3, 0.4) is 0 Å². The molecule has 8 nitrogen and oxygen atoms in total. The Bertz CT molecular complexity index is 1070. The molecule has 2 amide bonds. The summed E-state index contributed by atoms with van der Waals surface area (Å²) in [6, 6.07) is 13.8. The van der Waals surface area contributed by atoms with Crippen molar-refractivity contribution >= 4 is 17.5 Å². The van der Waals surface area contributed by atoms with E-state index < -0.39 is 11.8 Å². The zero-order chi connectivity index (χ0) is 23.8. The first-order valence-corrected chi connectivity index (χ1v) is 11.2. The molecule has 0 bridgehead atoms. The third-order valence-corrected chi connectivity index (χ3v) is 5.88. The molecule has 0 unspecified atom stereocenters. The maximum absolute atomic E-state index is 13.3. The third-order valence-electron chi connectivity index (χ3n) is 5.88. The highest BCUT2D eigenvalue weighted by Crippen LogP contribution is 2.23. The van der Waals surface area contributed by atoms with Gasteiger partial charge in [-0.1, -0.05) is 6.07 Å². The minimum atomic E-state index is -0.678. The molecule has 0 saturated carbocycles. The van der Waals surface area contributed by atoms with Crippen LogP contribution in [-0.4, -0.2) is 59.4 Å². The molecule has 3 aromatic rings. The number of piperazine rings is 1. The number of benzene rings is 1. The number of anilines is 1. The van der Waals surface area contributed by atoms with Crippen LogP contribution >= 0.6 is 0 Å². The van der Waals surface area contributed by atoms with Gasteiger partial charge in [-0.25, -0.2) is 4.39 Å². The van der Waals surface area contributed by atoms with Gasteiger partial charge in [0.2, 0.25) is 0 Å². The Hall–Kier alpha value is -3.85. The zero-order valence-corrected chi connectivity index (χ0v) is 18.7. The lowest BCUT2D eigenvalue weighted by Crippen LogP contribution is -2.50. The predicted molar refractivity (Wildman–Crippen MR) is 126 cm³/mol. The van der Waals surface area contributed by atoms with Crippen LogP contribution in [0.25, 0.3) is 0 Å². The highest BCUT2D eigenvalue weighted by atomic mass is 19.1. The summed E-state index contributed by atoms with van der Waals surface area (Å²) in [6.45, 7) is 3.57. The Labute approximate surface area is 197 Å². The number of carbonyl (C=O) groups is 2. The Kier molecular flexibility index (Phi) is 7.77. The second kappa shape index (κ2) is 11.3. The molecule has 1 atom stereocenters. The van der Waals surface area contributed by atoms with Crippen LogP contribution in [0, 0.1) is 5.82 Å². The molecule has 0 radical (unpaired) electrons. The van der Waals surface area contributed by atoms with Crippen LogP contribution in [0.2, 0.25) is 0 Å². The highest BCUT2D eigenvalue weighted by Gasteiger charge is 2.26. The van der Waals surface area contributed by atoms with Crippen molar-refractivity contribution in [1.82, 2.24) is 25.5 Å². The molecule has 0 aliphatic carbocycles. The van der Waals surface area contributed by atoms with Crippen LogP contribution in [0.4, 0.5) is 10.1 Å². The van der Waals surface area contributed by atoms with Gasteiger partial charge in [0.25, 0.3) is 0 Å². The predicted octanol–water partition coefficient (Wildman–Crippen LogP) is 1.91. The van der Waals surface area contributed by atoms with E-state index >= 15 is 0 Å². The van der Waals surface area contributed by atoms with E-state index in [1.165, 1.54) is 12.1 Å². The van der Waals surface area contributed by atoms with Gasteiger partial charge in [0.15, 0.2) is 0 Å². The van der Waals surface area contributed by atoms with Crippen molar-refractivity contribution in [3.05, 3.63) is 90.3 Å². The number of nitrogens with one attached hydrogen (secondary N) is 2. The van der Waals surface area contributed by atoms with Crippen LogP contribution < -0.4 is 15.5 Å². The quantitative estimate of drug-likeness (QED) is 0.522. The molecule has 2 aromatic heterocycles. The average Bonchev–Trinajstić information content (AvgIpc) is 2.89. The van der Waals surface area contributed by atoms with Crippen LogP contribution in [-0.2, 0) is 16.1 Å². The summed E-state index contributed by atoms with van der Waals surface area (Å²) < 4.78 is 13.3. The average molecular weight is 463 g/mol. The maximum atomic E-state index is 13.3. The van der Waals surface area contributed by atoms with Gasteiger partial charge in [0.1, 0.15) is 5.82 Å². The number of nitrogens with zero attached hydrogens (tertiary/aromatic N) is 4. The molecular weight excluding hydrogens is 435 g/mol. The van der Waals surface area contributed by atoms with Crippen LogP contribution in [0.1, 0.15) is 17.2 Å². The molecule has 3 heterocycles. The zero-order valence-electron chi connectivity index (χ0n) is 18.7. The summed E-state index contributed by atoms with van der Waals surface area (Å²) in [5, 5.41) is 5.41. The standard InChI is InChI=1S/C25H27FN6O2/c26-21-3-5-22(6-4-21)31-12-14-32(15-13-31)23(20-2-1-9-28-17-20)18-30-25(34)24(33)29-16-19-7-10-27-11-8-19/h1-11,17,23H,12-16,18H2,(H,29,33)(H,30,34)/t23-/m1/s1. The normalized spacial score (nSPS) is 14.9. The smallest absolute Gasteiger partial charge is 0.309 e. The number of amides is 2. The second-order valence-corrected chi connectivity index (χ2v) is 8.05. The molecule has 1 saturated heterocycles. The molecule has 0 spiro atoms. The summed E-state index contributed by atoms with van der Waals surface area (Å²) in [5.41, 5.74) is 2.82. The lowest BCUT2D eigenvalue weighted by Gasteiger charge is -2.40. The molecule has 4 rings (SSSR count). The Morgan fingerprint density at radius 2 is 1.59 bits per heavy atom. The van der Waals surface area contributed by atoms with Crippen molar-refractivity contribution in [3.63, 3.8) is 0 Å². The summed E-state index contributed by atoms with van der Waals surface area (Å²) in [7, 11) is 0. The minimum Gasteiger partial charge on any atom is -0.369 e. The fraction of sp³-hybridized carbons (Fsp3) is 0.280. The number of hydrogen-bond acceptors (Lipinski definition) is 6. The van der Waals surface area contributed by atoms with Crippen LogP contribution in [0.15, 0.2) is 73.3 Å². The summed E-state index contributed by atoms with van der Waals surface area (Å²) in [6.07, 6.45) is 6.76. The van der Waals surface area contributed by atoms with Gasteiger partial charge in [0.05, 0.1) is 6.04 Å². The first-order chi connectivity index (χ1) is 16.6. The van der Waals surface area contributed by atoms with Gasteiger partial charge in [-0.05, 0) is 53.6 Å². The first kappa shape index (κ1) is 23.3. The van der Waals surface area contributed by atoms with Crippen molar-refractivity contribution in [2.75, 3.05) is 37.6 Å². The molecule has 1 aliphatic heterocycles. The van der Waals surface area contributed by atoms with E-state index in [0.717, 1.165) is 43.0 Å². The number of rotatable bonds is 7. The lowest BCUT2D eigenvalue weighted by atomic mass is 10.1. The topological polar surface area (TPSA) is 90.5 Å². The van der Waals surface area contributed by atoms with E-state index in [4.69, 9.17) is 0 Å². The monoisotopic (exact) mass is 462 g/mol. The van der Waals surface area contributed by atoms with E-state index in [1.54, 1.807) is 49.1 Å². The van der Waals surface area contributed by atoms with Crippen molar-refractivity contribution in [1.29, 1.82) is 0 Å². The maximum Gasteiger partial charge on any atom is 0.309 e. The molecule has 2 N–H and O–H groups in total. The molecule has 176 valence electrons. The van der Waals surface area contributed by atoms with E-state index in [2.05, 4.69) is 30.4 Å². The first-order valence-electron chi connectivity index (χ1n) is 11.2.